The molecule has 1 saturated heterocycles. The zero-order valence-electron chi connectivity index (χ0n) is 27.0. The van der Waals surface area contributed by atoms with Crippen LogP contribution in [0.5, 0.6) is 0 Å². The molecule has 1 aliphatic heterocycles. The molecule has 0 saturated carbocycles. The first kappa shape index (κ1) is 64.2. The van der Waals surface area contributed by atoms with Crippen LogP contribution in [0.3, 0.4) is 0 Å². The van der Waals surface area contributed by atoms with Crippen molar-refractivity contribution in [3.8, 4) is 0 Å². The zero-order chi connectivity index (χ0) is 28.8. The molecule has 0 aromatic carbocycles. The van der Waals surface area contributed by atoms with Crippen molar-refractivity contribution in [2.24, 2.45) is 0 Å². The summed E-state index contributed by atoms with van der Waals surface area (Å²) in [5, 5.41) is 0. The Hall–Kier alpha value is 0.628. The molecule has 6 nitrogen and oxygen atoms in total. The van der Waals surface area contributed by atoms with Crippen molar-refractivity contribution in [2.75, 3.05) is 27.9 Å². The maximum Gasteiger partial charge on any atom is 0.322 e. The second-order valence-corrected chi connectivity index (χ2v) is 25.8. The Balaban J connectivity index is -0.000000195. The molecule has 0 aromatic heterocycles. The third kappa shape index (κ3) is 37.3. The summed E-state index contributed by atoms with van der Waals surface area (Å²) in [5.74, 6) is 0. The topological polar surface area (TPSA) is 55.4 Å². The standard InChI is InChI=1S/C26H60O4Si4.C2H6O2.7CH4/c1-8-9-10-11-12-13-14-15-16-17-18-20-24-34(7)29-32(4,5)28-22-19-21-23-33(6,30-34)25-26(2)31-27-3;1-3-4-2;;;;;;;/h26H,8-25,31H2,1-7H3;1-2H3;7*1H4. The van der Waals surface area contributed by atoms with Crippen LogP contribution in [-0.4, -0.2) is 63.1 Å². The fourth-order valence-corrected chi connectivity index (χ4v) is 23.4. The van der Waals surface area contributed by atoms with Gasteiger partial charge in [-0.05, 0) is 56.3 Å². The smallest absolute Gasteiger partial charge is 0.322 e. The molecule has 0 amide bonds. The van der Waals surface area contributed by atoms with Gasteiger partial charge in [-0.3, -0.25) is 0 Å². The van der Waals surface area contributed by atoms with Gasteiger partial charge in [-0.2, -0.15) is 0 Å². The lowest BCUT2D eigenvalue weighted by atomic mass is 10.1. The van der Waals surface area contributed by atoms with Crippen molar-refractivity contribution in [1.82, 2.24) is 0 Å². The van der Waals surface area contributed by atoms with Gasteiger partial charge in [0, 0.05) is 13.7 Å². The highest BCUT2D eigenvalue weighted by Gasteiger charge is 2.46. The average Bonchev–Trinajstić information content (AvgIpc) is 2.83. The summed E-state index contributed by atoms with van der Waals surface area (Å²) in [7, 11) is -1.88. The first-order valence-electron chi connectivity index (χ1n) is 15.7. The van der Waals surface area contributed by atoms with Crippen molar-refractivity contribution in [2.45, 2.75) is 206 Å². The van der Waals surface area contributed by atoms with E-state index in [1.165, 1.54) is 110 Å². The van der Waals surface area contributed by atoms with Crippen LogP contribution in [0, 0.1) is 0 Å². The molecule has 0 aromatic rings. The predicted molar refractivity (Wildman–Crippen MR) is 220 cm³/mol. The minimum Gasteiger partial charge on any atom is -0.436 e. The van der Waals surface area contributed by atoms with Crippen LogP contribution in [0.25, 0.3) is 0 Å². The molecule has 10 heteroatoms. The Morgan fingerprint density at radius 1 is 0.644 bits per heavy atom. The molecule has 1 rings (SSSR count). The summed E-state index contributed by atoms with van der Waals surface area (Å²) in [6, 6.07) is 3.61. The quantitative estimate of drug-likeness (QED) is 0.0607. The average molecular weight is 723 g/mol. The number of rotatable bonds is 18. The Kier molecular flexibility index (Phi) is 55.7. The highest BCUT2D eigenvalue weighted by Crippen LogP contribution is 2.35. The van der Waals surface area contributed by atoms with Crippen LogP contribution in [-0.2, 0) is 26.9 Å². The lowest BCUT2D eigenvalue weighted by Gasteiger charge is -2.43. The van der Waals surface area contributed by atoms with E-state index in [0.717, 1.165) is 19.1 Å². The van der Waals surface area contributed by atoms with E-state index in [1.54, 1.807) is 0 Å². The highest BCUT2D eigenvalue weighted by molar-refractivity contribution is 6.87. The summed E-state index contributed by atoms with van der Waals surface area (Å²) in [6.45, 7) is 14.8. The first-order chi connectivity index (χ1) is 18.1. The van der Waals surface area contributed by atoms with Gasteiger partial charge in [0.05, 0.1) is 14.2 Å². The van der Waals surface area contributed by atoms with E-state index in [9.17, 15) is 0 Å². The van der Waals surface area contributed by atoms with Crippen molar-refractivity contribution in [3.63, 3.8) is 0 Å². The third-order valence-electron chi connectivity index (χ3n) is 7.36. The highest BCUT2D eigenvalue weighted by atomic mass is 28.5. The van der Waals surface area contributed by atoms with Crippen LogP contribution in [0.4, 0.5) is 0 Å². The van der Waals surface area contributed by atoms with Gasteiger partial charge in [-0.15, -0.1) is 0 Å². The molecule has 0 spiro atoms. The lowest BCUT2D eigenvalue weighted by Crippen LogP contribution is -2.56. The van der Waals surface area contributed by atoms with Gasteiger partial charge in [-0.25, -0.2) is 9.78 Å². The Labute approximate surface area is 294 Å². The van der Waals surface area contributed by atoms with Gasteiger partial charge in [-0.1, -0.05) is 149 Å². The van der Waals surface area contributed by atoms with Crippen LogP contribution < -0.4 is 0 Å². The maximum absolute atomic E-state index is 7.23. The predicted octanol–water partition coefficient (Wildman–Crippen LogP) is 13.1. The first-order valence-corrected chi connectivity index (χ1v) is 25.2. The van der Waals surface area contributed by atoms with Crippen LogP contribution >= 0.6 is 0 Å². The van der Waals surface area contributed by atoms with Crippen molar-refractivity contribution in [1.29, 1.82) is 0 Å². The van der Waals surface area contributed by atoms with Crippen LogP contribution in [0.15, 0.2) is 0 Å². The maximum atomic E-state index is 7.23. The van der Waals surface area contributed by atoms with Gasteiger partial charge < -0.3 is 17.1 Å². The molecule has 3 unspecified atom stereocenters. The third-order valence-corrected chi connectivity index (χ3v) is 21.6. The molecule has 286 valence electrons. The van der Waals surface area contributed by atoms with E-state index in [2.05, 4.69) is 49.8 Å². The molecular formula is C35H94O6Si4. The minimum absolute atomic E-state index is 0. The summed E-state index contributed by atoms with van der Waals surface area (Å²) in [6.07, 6.45) is 19.0. The van der Waals surface area contributed by atoms with Crippen molar-refractivity contribution < 1.29 is 26.9 Å². The van der Waals surface area contributed by atoms with Gasteiger partial charge >= 0.3 is 17.1 Å². The molecule has 3 atom stereocenters. The van der Waals surface area contributed by atoms with Gasteiger partial charge in [0.1, 0.15) is 0 Å². The normalized spacial score (nSPS) is 21.3. The molecular weight excluding hydrogens is 629 g/mol. The number of hydrogen-bond acceptors (Lipinski definition) is 6. The number of unbranched alkanes of at least 4 members (excludes halogenated alkanes) is 11. The molecule has 1 heterocycles. The van der Waals surface area contributed by atoms with Gasteiger partial charge in [0.2, 0.25) is 0 Å². The van der Waals surface area contributed by atoms with Gasteiger partial charge in [0.25, 0.3) is 0 Å². The van der Waals surface area contributed by atoms with E-state index in [4.69, 9.17) is 17.1 Å². The lowest BCUT2D eigenvalue weighted by molar-refractivity contribution is -0.248. The fourth-order valence-electron chi connectivity index (χ4n) is 5.67. The van der Waals surface area contributed by atoms with Crippen LogP contribution in [0.2, 0.25) is 49.9 Å². The monoisotopic (exact) mass is 723 g/mol. The molecule has 45 heavy (non-hydrogen) atoms. The van der Waals surface area contributed by atoms with E-state index < -0.39 is 35.2 Å². The van der Waals surface area contributed by atoms with Crippen molar-refractivity contribution >= 4 is 35.2 Å². The molecule has 1 fully saturated rings. The van der Waals surface area contributed by atoms with Crippen molar-refractivity contribution in [3.05, 3.63) is 0 Å². The van der Waals surface area contributed by atoms with E-state index in [0.29, 0.717) is 5.54 Å². The van der Waals surface area contributed by atoms with Gasteiger partial charge in [0.15, 0.2) is 18.1 Å². The van der Waals surface area contributed by atoms with Crippen LogP contribution in [0.1, 0.15) is 156 Å². The molecule has 0 radical (unpaired) electrons. The summed E-state index contributed by atoms with van der Waals surface area (Å²) < 4.78 is 26.0. The Morgan fingerprint density at radius 2 is 1.09 bits per heavy atom. The van der Waals surface area contributed by atoms with E-state index >= 15 is 0 Å². The Bertz CT molecular complexity index is 546. The summed E-state index contributed by atoms with van der Waals surface area (Å²) in [5.41, 5.74) is 0.691. The molecule has 0 bridgehead atoms. The molecule has 1 aliphatic rings. The van der Waals surface area contributed by atoms with E-state index in [-0.39, 0.29) is 52.0 Å². The van der Waals surface area contributed by atoms with E-state index in [1.807, 2.05) is 7.11 Å². The minimum atomic E-state index is -2.26. The largest absolute Gasteiger partial charge is 0.436 e. The molecule has 0 N–H and O–H groups in total. The fraction of sp³-hybridized carbons (Fsp3) is 1.00. The summed E-state index contributed by atoms with van der Waals surface area (Å²) >= 11 is 0. The SMILES string of the molecule is C.C.C.C.C.C.C.CCCCCCCCCCCCCC[Si]1(C)O[Si](C)(CC(C)[SiH2]OC)CCCCO[Si](C)(C)O1.COOC. The Morgan fingerprint density at radius 3 is 1.51 bits per heavy atom. The second-order valence-electron chi connectivity index (χ2n) is 12.2. The second kappa shape index (κ2) is 39.1. The summed E-state index contributed by atoms with van der Waals surface area (Å²) in [4.78, 5) is 8.08. The zero-order valence-corrected chi connectivity index (χ0v) is 31.4. The number of hydrogen-bond donors (Lipinski definition) is 0. The molecule has 0 aliphatic carbocycles.